The lowest BCUT2D eigenvalue weighted by Crippen LogP contribution is -2.46. The molecule has 4 saturated carbocycles. The minimum Gasteiger partial charge on any atom is -0.0813 e. The molecular weight excluding hydrogens is 180 g/mol. The zero-order valence-electron chi connectivity index (χ0n) is 9.36. The molecule has 0 saturated heterocycles. The normalized spacial score (nSPS) is 63.5. The van der Waals surface area contributed by atoms with Gasteiger partial charge in [0.1, 0.15) is 0 Å². The first kappa shape index (κ1) is 7.92. The van der Waals surface area contributed by atoms with Crippen molar-refractivity contribution in [3.8, 4) is 0 Å². The van der Waals surface area contributed by atoms with E-state index in [1.54, 1.807) is 38.5 Å². The predicted octanol–water partition coefficient (Wildman–Crippen LogP) is 3.63. The lowest BCUT2D eigenvalue weighted by Gasteiger charge is -2.52. The first-order valence-corrected chi connectivity index (χ1v) is 7.13. The van der Waals surface area contributed by atoms with Crippen molar-refractivity contribution in [1.29, 1.82) is 0 Å². The second-order valence-corrected chi connectivity index (χ2v) is 6.96. The Morgan fingerprint density at radius 1 is 1.00 bits per heavy atom. The fourth-order valence-corrected chi connectivity index (χ4v) is 6.23. The summed E-state index contributed by atoms with van der Waals surface area (Å²) in [6.45, 7) is 0. The summed E-state index contributed by atoms with van der Waals surface area (Å²) in [6.07, 6.45) is 12.2. The smallest absolute Gasteiger partial charge is 0.0135 e. The molecule has 0 heteroatoms. The van der Waals surface area contributed by atoms with Crippen molar-refractivity contribution in [2.75, 3.05) is 0 Å². The molecule has 4 bridgehead atoms. The zero-order chi connectivity index (χ0) is 9.57. The van der Waals surface area contributed by atoms with Crippen LogP contribution in [-0.4, -0.2) is 0 Å². The molecule has 7 atom stereocenters. The molecule has 0 spiro atoms. The Balaban J connectivity index is 1.62. The first-order chi connectivity index (χ1) is 7.42. The minimum atomic E-state index is 1.05. The summed E-state index contributed by atoms with van der Waals surface area (Å²) in [7, 11) is 0. The summed E-state index contributed by atoms with van der Waals surface area (Å²) in [6, 6.07) is 0. The van der Waals surface area contributed by atoms with Gasteiger partial charge in [-0.1, -0.05) is 24.5 Å². The molecular formula is C15H20. The van der Waals surface area contributed by atoms with E-state index < -0.39 is 0 Å². The Morgan fingerprint density at radius 2 is 1.93 bits per heavy atom. The molecule has 0 aromatic rings. The summed E-state index contributed by atoms with van der Waals surface area (Å²) in [4.78, 5) is 0. The summed E-state index contributed by atoms with van der Waals surface area (Å²) < 4.78 is 0. The second-order valence-electron chi connectivity index (χ2n) is 6.96. The molecule has 0 N–H and O–H groups in total. The van der Waals surface area contributed by atoms with Gasteiger partial charge in [-0.15, -0.1) is 0 Å². The van der Waals surface area contributed by atoms with Gasteiger partial charge >= 0.3 is 0 Å². The average Bonchev–Trinajstić information content (AvgIpc) is 2.86. The molecule has 80 valence electrons. The van der Waals surface area contributed by atoms with Gasteiger partial charge in [0.05, 0.1) is 0 Å². The van der Waals surface area contributed by atoms with E-state index in [0.717, 1.165) is 35.5 Å². The first-order valence-electron chi connectivity index (χ1n) is 7.13. The molecule has 0 amide bonds. The van der Waals surface area contributed by atoms with Gasteiger partial charge in [0.15, 0.2) is 0 Å². The van der Waals surface area contributed by atoms with Crippen LogP contribution in [0, 0.1) is 41.4 Å². The molecule has 0 radical (unpaired) electrons. The van der Waals surface area contributed by atoms with E-state index in [9.17, 15) is 0 Å². The fraction of sp³-hybridized carbons (Fsp3) is 0.867. The molecule has 5 aliphatic carbocycles. The highest BCUT2D eigenvalue weighted by atomic mass is 14.7. The molecule has 0 aromatic carbocycles. The summed E-state index contributed by atoms with van der Waals surface area (Å²) in [5.74, 6) is 7.83. The van der Waals surface area contributed by atoms with Crippen LogP contribution in [0.1, 0.15) is 38.5 Å². The highest BCUT2D eigenvalue weighted by Crippen LogP contribution is 2.70. The van der Waals surface area contributed by atoms with E-state index in [4.69, 9.17) is 0 Å². The molecule has 4 fully saturated rings. The van der Waals surface area contributed by atoms with Crippen molar-refractivity contribution >= 4 is 0 Å². The van der Waals surface area contributed by atoms with Gasteiger partial charge in [0.25, 0.3) is 0 Å². The van der Waals surface area contributed by atoms with Crippen LogP contribution in [0.25, 0.3) is 0 Å². The van der Waals surface area contributed by atoms with Crippen LogP contribution in [0.5, 0.6) is 0 Å². The Labute approximate surface area is 92.1 Å². The summed E-state index contributed by atoms with van der Waals surface area (Å²) >= 11 is 0. The third-order valence-corrected chi connectivity index (χ3v) is 6.67. The van der Waals surface area contributed by atoms with Crippen LogP contribution < -0.4 is 0 Å². The Hall–Kier alpha value is -0.260. The Morgan fingerprint density at radius 3 is 2.87 bits per heavy atom. The van der Waals surface area contributed by atoms with Crippen molar-refractivity contribution in [2.45, 2.75) is 38.5 Å². The summed E-state index contributed by atoms with van der Waals surface area (Å²) in [5.41, 5.74) is 1.95. The SMILES string of the molecule is C1=C2C3CC1C1CCC4CCC(C4)C2C31. The van der Waals surface area contributed by atoms with Crippen molar-refractivity contribution in [3.63, 3.8) is 0 Å². The number of rotatable bonds is 0. The molecule has 0 aromatic heterocycles. The molecule has 0 aliphatic heterocycles. The predicted molar refractivity (Wildman–Crippen MR) is 60.2 cm³/mol. The lowest BCUT2D eigenvalue weighted by atomic mass is 9.52. The van der Waals surface area contributed by atoms with Crippen LogP contribution in [0.3, 0.4) is 0 Å². The van der Waals surface area contributed by atoms with Gasteiger partial charge in [0.2, 0.25) is 0 Å². The van der Waals surface area contributed by atoms with Gasteiger partial charge in [0, 0.05) is 0 Å². The van der Waals surface area contributed by atoms with E-state index >= 15 is 0 Å². The maximum atomic E-state index is 2.73. The van der Waals surface area contributed by atoms with E-state index in [-0.39, 0.29) is 0 Å². The molecule has 0 heterocycles. The monoisotopic (exact) mass is 200 g/mol. The second kappa shape index (κ2) is 2.36. The largest absolute Gasteiger partial charge is 0.0813 e. The standard InChI is InChI=1S/C15H20/c1-3-9-5-8(1)2-4-11-10-6-12-13(7-10)15(11)14(9)12/h6,8-11,13-15H,1-5,7H2. The van der Waals surface area contributed by atoms with Gasteiger partial charge in [-0.25, -0.2) is 0 Å². The van der Waals surface area contributed by atoms with E-state index in [0.29, 0.717) is 0 Å². The maximum absolute atomic E-state index is 2.73. The van der Waals surface area contributed by atoms with E-state index in [2.05, 4.69) is 6.08 Å². The van der Waals surface area contributed by atoms with Crippen LogP contribution >= 0.6 is 0 Å². The quantitative estimate of drug-likeness (QED) is 0.524. The van der Waals surface area contributed by atoms with Gasteiger partial charge in [-0.2, -0.15) is 0 Å². The minimum absolute atomic E-state index is 1.05. The summed E-state index contributed by atoms with van der Waals surface area (Å²) in [5, 5.41) is 0. The van der Waals surface area contributed by atoms with Crippen molar-refractivity contribution in [2.24, 2.45) is 41.4 Å². The number of allylic oxidation sites excluding steroid dienone is 2. The maximum Gasteiger partial charge on any atom is -0.0135 e. The third kappa shape index (κ3) is 0.765. The number of hydrogen-bond donors (Lipinski definition) is 0. The number of hydrogen-bond acceptors (Lipinski definition) is 0. The molecule has 5 aliphatic rings. The third-order valence-electron chi connectivity index (χ3n) is 6.67. The molecule has 7 unspecified atom stereocenters. The van der Waals surface area contributed by atoms with Crippen molar-refractivity contribution < 1.29 is 0 Å². The van der Waals surface area contributed by atoms with Crippen LogP contribution in [0.2, 0.25) is 0 Å². The molecule has 5 rings (SSSR count). The van der Waals surface area contributed by atoms with Crippen LogP contribution in [0.4, 0.5) is 0 Å². The van der Waals surface area contributed by atoms with Gasteiger partial charge in [-0.05, 0) is 67.1 Å². The topological polar surface area (TPSA) is 0 Å². The van der Waals surface area contributed by atoms with Crippen molar-refractivity contribution in [3.05, 3.63) is 11.6 Å². The lowest BCUT2D eigenvalue weighted by molar-refractivity contribution is 0.0659. The van der Waals surface area contributed by atoms with E-state index in [1.807, 2.05) is 5.57 Å². The number of fused-ring (bicyclic) bond motifs is 6. The van der Waals surface area contributed by atoms with Crippen LogP contribution in [-0.2, 0) is 0 Å². The average molecular weight is 200 g/mol. The highest BCUT2D eigenvalue weighted by molar-refractivity contribution is 5.37. The zero-order valence-corrected chi connectivity index (χ0v) is 9.36. The Kier molecular flexibility index (Phi) is 1.25. The highest BCUT2D eigenvalue weighted by Gasteiger charge is 2.62. The van der Waals surface area contributed by atoms with Crippen LogP contribution in [0.15, 0.2) is 11.6 Å². The van der Waals surface area contributed by atoms with E-state index in [1.165, 1.54) is 5.92 Å². The molecule has 15 heavy (non-hydrogen) atoms. The van der Waals surface area contributed by atoms with Crippen molar-refractivity contribution in [1.82, 2.24) is 0 Å². The van der Waals surface area contributed by atoms with Gasteiger partial charge in [-0.3, -0.25) is 0 Å². The molecule has 0 nitrogen and oxygen atoms in total. The van der Waals surface area contributed by atoms with Gasteiger partial charge < -0.3 is 0 Å². The fourth-order valence-electron chi connectivity index (χ4n) is 6.23. The Bertz CT molecular complexity index is 353.